The Morgan fingerprint density at radius 2 is 1.60 bits per heavy atom. The number of rotatable bonds is 4. The predicted octanol–water partition coefficient (Wildman–Crippen LogP) is 3.29. The SMILES string of the molecule is O=C(O)CC(=O)c1cccc(-c2cc(F)cc(F)c2)c1. The van der Waals surface area contributed by atoms with Gasteiger partial charge in [0.05, 0.1) is 0 Å². The summed E-state index contributed by atoms with van der Waals surface area (Å²) in [6.45, 7) is 0. The van der Waals surface area contributed by atoms with E-state index in [0.29, 0.717) is 5.56 Å². The van der Waals surface area contributed by atoms with E-state index in [-0.39, 0.29) is 11.1 Å². The van der Waals surface area contributed by atoms with Gasteiger partial charge in [-0.25, -0.2) is 8.78 Å². The van der Waals surface area contributed by atoms with Crippen molar-refractivity contribution in [2.24, 2.45) is 0 Å². The molecule has 0 heterocycles. The summed E-state index contributed by atoms with van der Waals surface area (Å²) in [5, 5.41) is 8.58. The van der Waals surface area contributed by atoms with Crippen LogP contribution in [0.25, 0.3) is 11.1 Å². The van der Waals surface area contributed by atoms with Gasteiger partial charge in [-0.3, -0.25) is 9.59 Å². The first-order chi connectivity index (χ1) is 9.45. The second kappa shape index (κ2) is 5.61. The third kappa shape index (κ3) is 3.26. The molecule has 2 aromatic carbocycles. The lowest BCUT2D eigenvalue weighted by molar-refractivity contribution is -0.135. The Morgan fingerprint density at radius 3 is 2.20 bits per heavy atom. The van der Waals surface area contributed by atoms with Gasteiger partial charge in [-0.05, 0) is 29.3 Å². The molecule has 0 amide bonds. The molecule has 0 saturated carbocycles. The van der Waals surface area contributed by atoms with Crippen molar-refractivity contribution in [2.45, 2.75) is 6.42 Å². The van der Waals surface area contributed by atoms with Crippen LogP contribution in [-0.4, -0.2) is 16.9 Å². The standard InChI is InChI=1S/C15H10F2O3/c16-12-5-11(6-13(17)7-12)9-2-1-3-10(4-9)14(18)8-15(19)20/h1-7H,8H2,(H,19,20). The molecule has 20 heavy (non-hydrogen) atoms. The van der Waals surface area contributed by atoms with E-state index in [1.54, 1.807) is 6.07 Å². The quantitative estimate of drug-likeness (QED) is 0.688. The fourth-order valence-corrected chi connectivity index (χ4v) is 1.83. The van der Waals surface area contributed by atoms with Crippen LogP contribution in [0.2, 0.25) is 0 Å². The van der Waals surface area contributed by atoms with Crippen LogP contribution in [0.1, 0.15) is 16.8 Å². The largest absolute Gasteiger partial charge is 0.481 e. The van der Waals surface area contributed by atoms with Crippen LogP contribution < -0.4 is 0 Å². The van der Waals surface area contributed by atoms with Crippen LogP contribution in [0.5, 0.6) is 0 Å². The predicted molar refractivity (Wildman–Crippen MR) is 68.4 cm³/mol. The van der Waals surface area contributed by atoms with Gasteiger partial charge in [0, 0.05) is 11.6 Å². The van der Waals surface area contributed by atoms with Gasteiger partial charge in [0.15, 0.2) is 5.78 Å². The summed E-state index contributed by atoms with van der Waals surface area (Å²) in [4.78, 5) is 22.2. The number of carbonyl (C=O) groups excluding carboxylic acids is 1. The smallest absolute Gasteiger partial charge is 0.311 e. The zero-order chi connectivity index (χ0) is 14.7. The monoisotopic (exact) mass is 276 g/mol. The summed E-state index contributed by atoms with van der Waals surface area (Å²) in [6, 6.07) is 9.04. The Kier molecular flexibility index (Phi) is 3.89. The van der Waals surface area contributed by atoms with E-state index in [2.05, 4.69) is 0 Å². The number of halogens is 2. The molecule has 0 fully saturated rings. The zero-order valence-electron chi connectivity index (χ0n) is 10.3. The first-order valence-electron chi connectivity index (χ1n) is 5.77. The van der Waals surface area contributed by atoms with E-state index in [1.807, 2.05) is 0 Å². The second-order valence-corrected chi connectivity index (χ2v) is 4.23. The van der Waals surface area contributed by atoms with Crippen LogP contribution in [0.15, 0.2) is 42.5 Å². The van der Waals surface area contributed by atoms with Crippen LogP contribution >= 0.6 is 0 Å². The normalized spacial score (nSPS) is 10.3. The second-order valence-electron chi connectivity index (χ2n) is 4.23. The van der Waals surface area contributed by atoms with Crippen molar-refractivity contribution in [2.75, 3.05) is 0 Å². The van der Waals surface area contributed by atoms with E-state index in [9.17, 15) is 18.4 Å². The molecule has 0 spiro atoms. The molecule has 0 saturated heterocycles. The molecule has 0 bridgehead atoms. The summed E-state index contributed by atoms with van der Waals surface area (Å²) >= 11 is 0. The zero-order valence-corrected chi connectivity index (χ0v) is 10.3. The van der Waals surface area contributed by atoms with Crippen molar-refractivity contribution in [1.82, 2.24) is 0 Å². The topological polar surface area (TPSA) is 54.4 Å². The van der Waals surface area contributed by atoms with Crippen LogP contribution in [0.3, 0.4) is 0 Å². The molecule has 0 atom stereocenters. The van der Waals surface area contributed by atoms with Gasteiger partial charge < -0.3 is 5.11 Å². The van der Waals surface area contributed by atoms with E-state index in [4.69, 9.17) is 5.11 Å². The third-order valence-electron chi connectivity index (χ3n) is 2.69. The third-order valence-corrected chi connectivity index (χ3v) is 2.69. The van der Waals surface area contributed by atoms with Gasteiger partial charge in [-0.2, -0.15) is 0 Å². The summed E-state index contributed by atoms with van der Waals surface area (Å²) in [5.41, 5.74) is 0.918. The summed E-state index contributed by atoms with van der Waals surface area (Å²) in [7, 11) is 0. The minimum atomic E-state index is -1.22. The van der Waals surface area contributed by atoms with Crippen LogP contribution in [-0.2, 0) is 4.79 Å². The van der Waals surface area contributed by atoms with Crippen molar-refractivity contribution in [3.05, 3.63) is 59.7 Å². The highest BCUT2D eigenvalue weighted by molar-refractivity contribution is 6.06. The van der Waals surface area contributed by atoms with Crippen LogP contribution in [0.4, 0.5) is 8.78 Å². The van der Waals surface area contributed by atoms with Gasteiger partial charge in [-0.15, -0.1) is 0 Å². The van der Waals surface area contributed by atoms with E-state index < -0.39 is 29.8 Å². The summed E-state index contributed by atoms with van der Waals surface area (Å²) in [5.74, 6) is -3.22. The molecular weight excluding hydrogens is 266 g/mol. The lowest BCUT2D eigenvalue weighted by Crippen LogP contribution is -2.06. The average Bonchev–Trinajstić information content (AvgIpc) is 2.37. The fraction of sp³-hybridized carbons (Fsp3) is 0.0667. The van der Waals surface area contributed by atoms with Gasteiger partial charge in [-0.1, -0.05) is 18.2 Å². The lowest BCUT2D eigenvalue weighted by atomic mass is 10.00. The van der Waals surface area contributed by atoms with E-state index in [0.717, 1.165) is 18.2 Å². The van der Waals surface area contributed by atoms with Crippen molar-refractivity contribution >= 4 is 11.8 Å². The molecule has 1 N–H and O–H groups in total. The van der Waals surface area contributed by atoms with E-state index in [1.165, 1.54) is 18.2 Å². The van der Waals surface area contributed by atoms with Crippen molar-refractivity contribution < 1.29 is 23.5 Å². The minimum absolute atomic E-state index is 0.189. The number of carbonyl (C=O) groups is 2. The first-order valence-corrected chi connectivity index (χ1v) is 5.77. The number of hydrogen-bond donors (Lipinski definition) is 1. The molecule has 0 unspecified atom stereocenters. The fourth-order valence-electron chi connectivity index (χ4n) is 1.83. The number of hydrogen-bond acceptors (Lipinski definition) is 2. The maximum Gasteiger partial charge on any atom is 0.311 e. The Labute approximate surface area is 113 Å². The molecule has 102 valence electrons. The molecule has 3 nitrogen and oxygen atoms in total. The maximum atomic E-state index is 13.2. The highest BCUT2D eigenvalue weighted by Gasteiger charge is 2.12. The highest BCUT2D eigenvalue weighted by Crippen LogP contribution is 2.23. The summed E-state index contributed by atoms with van der Waals surface area (Å²) < 4.78 is 26.3. The number of ketones is 1. The average molecular weight is 276 g/mol. The van der Waals surface area contributed by atoms with Gasteiger partial charge in [0.1, 0.15) is 18.1 Å². The molecule has 0 aliphatic carbocycles. The van der Waals surface area contributed by atoms with Crippen molar-refractivity contribution in [3.63, 3.8) is 0 Å². The Hall–Kier alpha value is -2.56. The molecule has 0 aromatic heterocycles. The Balaban J connectivity index is 2.39. The summed E-state index contributed by atoms with van der Waals surface area (Å²) in [6.07, 6.45) is -0.624. The van der Waals surface area contributed by atoms with Gasteiger partial charge in [0.2, 0.25) is 0 Å². The van der Waals surface area contributed by atoms with Crippen molar-refractivity contribution in [3.8, 4) is 11.1 Å². The minimum Gasteiger partial charge on any atom is -0.481 e. The number of carboxylic acid groups (broad SMARTS) is 1. The number of benzene rings is 2. The number of Topliss-reactive ketones (excluding diaryl/α,β-unsaturated/α-hetero) is 1. The molecule has 2 rings (SSSR count). The first kappa shape index (κ1) is 13.9. The lowest BCUT2D eigenvalue weighted by Gasteiger charge is -2.05. The molecular formula is C15H10F2O3. The van der Waals surface area contributed by atoms with E-state index >= 15 is 0 Å². The Bertz CT molecular complexity index is 660. The van der Waals surface area contributed by atoms with Gasteiger partial charge in [0.25, 0.3) is 0 Å². The molecule has 2 aromatic rings. The Morgan fingerprint density at radius 1 is 0.950 bits per heavy atom. The molecule has 5 heteroatoms. The number of carboxylic acids is 1. The van der Waals surface area contributed by atoms with Gasteiger partial charge >= 0.3 is 5.97 Å². The highest BCUT2D eigenvalue weighted by atomic mass is 19.1. The van der Waals surface area contributed by atoms with Crippen molar-refractivity contribution in [1.29, 1.82) is 0 Å². The molecule has 0 aliphatic heterocycles. The molecule has 0 aliphatic rings. The maximum absolute atomic E-state index is 13.2. The molecule has 0 radical (unpaired) electrons. The van der Waals surface area contributed by atoms with Crippen LogP contribution in [0, 0.1) is 11.6 Å². The number of aliphatic carboxylic acids is 1.